The molecule has 118 valence electrons. The van der Waals surface area contributed by atoms with Gasteiger partial charge in [0, 0.05) is 16.9 Å². The quantitative estimate of drug-likeness (QED) is 0.769. The van der Waals surface area contributed by atoms with E-state index in [0.29, 0.717) is 5.82 Å². The molecule has 3 rings (SSSR count). The molecular formula is C18H19N3O2. The number of nitrogens with zero attached hydrogens (tertiary/aromatic N) is 1. The second kappa shape index (κ2) is 6.12. The molecule has 0 aliphatic heterocycles. The lowest BCUT2D eigenvalue weighted by Crippen LogP contribution is -2.18. The fraction of sp³-hybridized carbons (Fsp3) is 0.222. The van der Waals surface area contributed by atoms with Crippen molar-refractivity contribution < 1.29 is 9.53 Å². The van der Waals surface area contributed by atoms with Crippen molar-refractivity contribution in [3.05, 3.63) is 42.5 Å². The largest absolute Gasteiger partial charge is 0.496 e. The lowest BCUT2D eigenvalue weighted by molar-refractivity contribution is -0.118. The van der Waals surface area contributed by atoms with Crippen LogP contribution in [0, 0.1) is 5.92 Å². The molecule has 0 fully saturated rings. The summed E-state index contributed by atoms with van der Waals surface area (Å²) in [5.74, 6) is 1.24. The van der Waals surface area contributed by atoms with Crippen molar-refractivity contribution in [3.63, 3.8) is 0 Å². The first kappa shape index (κ1) is 15.1. The Balaban J connectivity index is 1.99. The highest BCUT2D eigenvalue weighted by Gasteiger charge is 2.13. The van der Waals surface area contributed by atoms with Crippen molar-refractivity contribution in [2.75, 3.05) is 12.4 Å². The van der Waals surface area contributed by atoms with Crippen molar-refractivity contribution >= 4 is 22.6 Å². The van der Waals surface area contributed by atoms with Gasteiger partial charge in [0.2, 0.25) is 5.91 Å². The molecule has 0 saturated carbocycles. The van der Waals surface area contributed by atoms with Crippen molar-refractivity contribution in [3.8, 4) is 16.9 Å². The number of carbonyl (C=O) groups excluding carboxylic acids is 1. The number of benzene rings is 2. The number of methoxy groups -OCH3 is 1. The van der Waals surface area contributed by atoms with Crippen molar-refractivity contribution in [1.29, 1.82) is 0 Å². The van der Waals surface area contributed by atoms with Crippen LogP contribution in [-0.2, 0) is 4.79 Å². The Morgan fingerprint density at radius 2 is 2.00 bits per heavy atom. The van der Waals surface area contributed by atoms with Gasteiger partial charge in [-0.3, -0.25) is 9.89 Å². The zero-order chi connectivity index (χ0) is 16.4. The van der Waals surface area contributed by atoms with Gasteiger partial charge in [-0.25, -0.2) is 0 Å². The molecule has 0 aliphatic rings. The second-order valence-electron chi connectivity index (χ2n) is 5.68. The minimum Gasteiger partial charge on any atom is -0.496 e. The minimum absolute atomic E-state index is 0.0489. The Morgan fingerprint density at radius 3 is 2.74 bits per heavy atom. The summed E-state index contributed by atoms with van der Waals surface area (Å²) in [5, 5.41) is 10.9. The molecule has 0 spiro atoms. The van der Waals surface area contributed by atoms with Crippen LogP contribution >= 0.6 is 0 Å². The normalized spacial score (nSPS) is 11.0. The van der Waals surface area contributed by atoms with Crippen LogP contribution in [0.3, 0.4) is 0 Å². The zero-order valence-corrected chi connectivity index (χ0v) is 13.4. The third-order valence-electron chi connectivity index (χ3n) is 3.75. The van der Waals surface area contributed by atoms with Crippen LogP contribution < -0.4 is 10.1 Å². The van der Waals surface area contributed by atoms with Gasteiger partial charge in [0.1, 0.15) is 5.75 Å². The van der Waals surface area contributed by atoms with Crippen LogP contribution in [0.25, 0.3) is 22.0 Å². The number of anilines is 1. The third-order valence-corrected chi connectivity index (χ3v) is 3.75. The third kappa shape index (κ3) is 2.90. The van der Waals surface area contributed by atoms with Crippen LogP contribution in [0.5, 0.6) is 5.75 Å². The van der Waals surface area contributed by atoms with Gasteiger partial charge in [-0.1, -0.05) is 38.1 Å². The van der Waals surface area contributed by atoms with Crippen molar-refractivity contribution in [2.24, 2.45) is 5.92 Å². The average molecular weight is 309 g/mol. The summed E-state index contributed by atoms with van der Waals surface area (Å²) in [7, 11) is 1.66. The topological polar surface area (TPSA) is 67.0 Å². The molecule has 0 radical (unpaired) electrons. The first-order valence-electron chi connectivity index (χ1n) is 7.52. The zero-order valence-electron chi connectivity index (χ0n) is 13.4. The van der Waals surface area contributed by atoms with E-state index in [1.807, 2.05) is 56.3 Å². The van der Waals surface area contributed by atoms with Gasteiger partial charge in [0.25, 0.3) is 0 Å². The molecule has 0 aliphatic carbocycles. The fourth-order valence-corrected chi connectivity index (χ4v) is 2.43. The standard InChI is InChI=1S/C18H19N3O2/c1-11(2)18(22)19-17-14-9-8-12(10-15(14)20-21-17)13-6-4-5-7-16(13)23-3/h4-11H,1-3H3,(H2,19,20,21,22). The monoisotopic (exact) mass is 309 g/mol. The van der Waals surface area contributed by atoms with Crippen molar-refractivity contribution in [1.82, 2.24) is 10.2 Å². The van der Waals surface area contributed by atoms with E-state index in [0.717, 1.165) is 27.8 Å². The highest BCUT2D eigenvalue weighted by molar-refractivity contribution is 6.01. The summed E-state index contributed by atoms with van der Waals surface area (Å²) in [6.07, 6.45) is 0. The van der Waals surface area contributed by atoms with E-state index < -0.39 is 0 Å². The molecule has 5 nitrogen and oxygen atoms in total. The lowest BCUT2D eigenvalue weighted by Gasteiger charge is -2.08. The molecule has 2 N–H and O–H groups in total. The minimum atomic E-state index is -0.0883. The summed E-state index contributed by atoms with van der Waals surface area (Å²) in [5.41, 5.74) is 2.91. The van der Waals surface area contributed by atoms with Crippen LogP contribution in [0.1, 0.15) is 13.8 Å². The van der Waals surface area contributed by atoms with Gasteiger partial charge in [-0.2, -0.15) is 5.10 Å². The average Bonchev–Trinajstić information content (AvgIpc) is 2.96. The first-order valence-corrected chi connectivity index (χ1v) is 7.52. The number of nitrogens with one attached hydrogen (secondary N) is 2. The van der Waals surface area contributed by atoms with Gasteiger partial charge in [-0.05, 0) is 23.8 Å². The molecule has 0 atom stereocenters. The van der Waals surface area contributed by atoms with Gasteiger partial charge in [0.15, 0.2) is 5.82 Å². The van der Waals surface area contributed by atoms with E-state index in [4.69, 9.17) is 4.74 Å². The molecular weight excluding hydrogens is 290 g/mol. The highest BCUT2D eigenvalue weighted by Crippen LogP contribution is 2.32. The summed E-state index contributed by atoms with van der Waals surface area (Å²) >= 11 is 0. The van der Waals surface area contributed by atoms with E-state index in [1.54, 1.807) is 7.11 Å². The lowest BCUT2D eigenvalue weighted by atomic mass is 10.0. The molecule has 23 heavy (non-hydrogen) atoms. The van der Waals surface area contributed by atoms with Gasteiger partial charge >= 0.3 is 0 Å². The van der Waals surface area contributed by atoms with Gasteiger partial charge in [0.05, 0.1) is 12.6 Å². The molecule has 3 aromatic rings. The number of aromatic amines is 1. The Bertz CT molecular complexity index is 852. The van der Waals surface area contributed by atoms with Crippen molar-refractivity contribution in [2.45, 2.75) is 13.8 Å². The van der Waals surface area contributed by atoms with Gasteiger partial charge in [-0.15, -0.1) is 0 Å². The van der Waals surface area contributed by atoms with Gasteiger partial charge < -0.3 is 10.1 Å². The number of carbonyl (C=O) groups is 1. The van der Waals surface area contributed by atoms with Crippen LogP contribution in [0.2, 0.25) is 0 Å². The number of fused-ring (bicyclic) bond motifs is 1. The van der Waals surface area contributed by atoms with Crippen LogP contribution in [0.15, 0.2) is 42.5 Å². The number of rotatable bonds is 4. The smallest absolute Gasteiger partial charge is 0.228 e. The predicted octanol–water partition coefficient (Wildman–Crippen LogP) is 3.83. The SMILES string of the molecule is COc1ccccc1-c1ccc2c(NC(=O)C(C)C)n[nH]c2c1. The van der Waals surface area contributed by atoms with Crippen LogP contribution in [-0.4, -0.2) is 23.2 Å². The van der Waals surface area contributed by atoms with E-state index in [2.05, 4.69) is 15.5 Å². The number of amides is 1. The summed E-state index contributed by atoms with van der Waals surface area (Å²) in [4.78, 5) is 11.8. The molecule has 2 aromatic carbocycles. The Kier molecular flexibility index (Phi) is 4.02. The number of hydrogen-bond acceptors (Lipinski definition) is 3. The number of H-pyrrole nitrogens is 1. The van der Waals surface area contributed by atoms with E-state index in [-0.39, 0.29) is 11.8 Å². The van der Waals surface area contributed by atoms with E-state index in [9.17, 15) is 4.79 Å². The van der Waals surface area contributed by atoms with E-state index >= 15 is 0 Å². The second-order valence-corrected chi connectivity index (χ2v) is 5.68. The maximum Gasteiger partial charge on any atom is 0.228 e. The Labute approximate surface area is 134 Å². The Morgan fingerprint density at radius 1 is 1.22 bits per heavy atom. The number of hydrogen-bond donors (Lipinski definition) is 2. The molecule has 0 unspecified atom stereocenters. The maximum absolute atomic E-state index is 11.8. The number of aromatic nitrogens is 2. The summed E-state index contributed by atoms with van der Waals surface area (Å²) < 4.78 is 5.41. The molecule has 0 saturated heterocycles. The first-order chi connectivity index (χ1) is 11.1. The molecule has 0 bridgehead atoms. The van der Waals surface area contributed by atoms with E-state index in [1.165, 1.54) is 0 Å². The molecule has 5 heteroatoms. The summed E-state index contributed by atoms with van der Waals surface area (Å²) in [6, 6.07) is 13.8. The van der Waals surface area contributed by atoms with Crippen LogP contribution in [0.4, 0.5) is 5.82 Å². The number of ether oxygens (including phenoxy) is 1. The molecule has 1 heterocycles. The maximum atomic E-state index is 11.8. The summed E-state index contributed by atoms with van der Waals surface area (Å²) in [6.45, 7) is 3.70. The highest BCUT2D eigenvalue weighted by atomic mass is 16.5. The Hall–Kier alpha value is -2.82. The fourth-order valence-electron chi connectivity index (χ4n) is 2.43. The predicted molar refractivity (Wildman–Crippen MR) is 91.5 cm³/mol. The molecule has 1 aromatic heterocycles. The molecule has 1 amide bonds. The number of para-hydroxylation sites is 1.